The van der Waals surface area contributed by atoms with Crippen LogP contribution in [-0.2, 0) is 0 Å². The number of thiophene rings is 1. The molecule has 0 amide bonds. The van der Waals surface area contributed by atoms with Gasteiger partial charge in [0.15, 0.2) is 0 Å². The van der Waals surface area contributed by atoms with E-state index in [-0.39, 0.29) is 9.92 Å². The lowest BCUT2D eigenvalue weighted by atomic mass is 9.93. The first-order valence-corrected chi connectivity index (χ1v) is 7.54. The van der Waals surface area contributed by atoms with E-state index >= 15 is 0 Å². The monoisotopic (exact) mass is 283 g/mol. The molecule has 2 heterocycles. The van der Waals surface area contributed by atoms with Crippen molar-refractivity contribution < 1.29 is 4.92 Å². The molecule has 6 heteroatoms. The second kappa shape index (κ2) is 6.45. The van der Waals surface area contributed by atoms with E-state index in [0.29, 0.717) is 12.0 Å². The van der Waals surface area contributed by atoms with Gasteiger partial charge in [0.25, 0.3) is 0 Å². The maximum Gasteiger partial charge on any atom is 0.324 e. The fourth-order valence-electron chi connectivity index (χ4n) is 2.95. The van der Waals surface area contributed by atoms with Crippen molar-refractivity contribution in [2.45, 2.75) is 25.3 Å². The first-order chi connectivity index (χ1) is 9.13. The molecule has 0 aromatic carbocycles. The number of rotatable bonds is 4. The molecule has 5 nitrogen and oxygen atoms in total. The second-order valence-electron chi connectivity index (χ2n) is 5.17. The summed E-state index contributed by atoms with van der Waals surface area (Å²) in [6.07, 6.45) is 3.63. The first kappa shape index (κ1) is 14.4. The summed E-state index contributed by atoms with van der Waals surface area (Å²) >= 11 is 1.32. The highest BCUT2D eigenvalue weighted by Crippen LogP contribution is 2.39. The number of nitrogens with zero attached hydrogens (tertiary/aromatic N) is 2. The SMILES string of the molecule is CNCC1CCCCN(C)C1c1ccc([N+](=O)[O-])s1. The van der Waals surface area contributed by atoms with Gasteiger partial charge in [0.1, 0.15) is 0 Å². The van der Waals surface area contributed by atoms with Gasteiger partial charge in [-0.1, -0.05) is 17.8 Å². The third-order valence-electron chi connectivity index (χ3n) is 3.81. The molecule has 0 saturated carbocycles. The van der Waals surface area contributed by atoms with Crippen LogP contribution in [0.3, 0.4) is 0 Å². The summed E-state index contributed by atoms with van der Waals surface area (Å²) in [5.41, 5.74) is 0. The van der Waals surface area contributed by atoms with Gasteiger partial charge in [-0.3, -0.25) is 15.0 Å². The lowest BCUT2D eigenvalue weighted by molar-refractivity contribution is -0.380. The predicted molar refractivity (Wildman–Crippen MR) is 77.6 cm³/mol. The van der Waals surface area contributed by atoms with Crippen molar-refractivity contribution in [3.8, 4) is 0 Å². The molecule has 0 radical (unpaired) electrons. The molecule has 1 aromatic rings. The van der Waals surface area contributed by atoms with Gasteiger partial charge in [0, 0.05) is 17.0 Å². The standard InChI is InChI=1S/C13H21N3O2S/c1-14-9-10-5-3-4-8-15(2)13(10)11-6-7-12(19-11)16(17)18/h6-7,10,13-14H,3-5,8-9H2,1-2H3. The van der Waals surface area contributed by atoms with Crippen molar-refractivity contribution in [2.24, 2.45) is 5.92 Å². The molecule has 2 atom stereocenters. The second-order valence-corrected chi connectivity index (χ2v) is 6.27. The molecule has 2 unspecified atom stereocenters. The lowest BCUT2D eigenvalue weighted by Crippen LogP contribution is -2.33. The normalized spacial score (nSPS) is 25.2. The van der Waals surface area contributed by atoms with Crippen LogP contribution in [0.2, 0.25) is 0 Å². The molecule has 106 valence electrons. The van der Waals surface area contributed by atoms with E-state index in [4.69, 9.17) is 0 Å². The highest BCUT2D eigenvalue weighted by atomic mass is 32.1. The van der Waals surface area contributed by atoms with Crippen LogP contribution in [0.25, 0.3) is 0 Å². The van der Waals surface area contributed by atoms with Crippen LogP contribution in [0, 0.1) is 16.0 Å². The Morgan fingerprint density at radius 1 is 1.53 bits per heavy atom. The molecule has 2 rings (SSSR count). The molecule has 1 aliphatic heterocycles. The lowest BCUT2D eigenvalue weighted by Gasteiger charge is -2.31. The molecule has 0 spiro atoms. The quantitative estimate of drug-likeness (QED) is 0.681. The molecule has 0 aliphatic carbocycles. The van der Waals surface area contributed by atoms with Crippen molar-refractivity contribution in [1.82, 2.24) is 10.2 Å². The number of nitro groups is 1. The Hall–Kier alpha value is -0.980. The van der Waals surface area contributed by atoms with Crippen LogP contribution in [0.15, 0.2) is 12.1 Å². The van der Waals surface area contributed by atoms with Crippen LogP contribution < -0.4 is 5.32 Å². The van der Waals surface area contributed by atoms with E-state index < -0.39 is 0 Å². The summed E-state index contributed by atoms with van der Waals surface area (Å²) in [6.45, 7) is 2.03. The van der Waals surface area contributed by atoms with E-state index in [1.807, 2.05) is 13.1 Å². The average Bonchev–Trinajstić information content (AvgIpc) is 2.77. The van der Waals surface area contributed by atoms with E-state index in [1.54, 1.807) is 6.07 Å². The number of likely N-dealkylation sites (tertiary alicyclic amines) is 1. The largest absolute Gasteiger partial charge is 0.324 e. The Bertz CT molecular complexity index is 435. The highest BCUT2D eigenvalue weighted by molar-refractivity contribution is 7.15. The minimum Gasteiger partial charge on any atom is -0.319 e. The summed E-state index contributed by atoms with van der Waals surface area (Å²) in [6, 6.07) is 3.86. The average molecular weight is 283 g/mol. The van der Waals surface area contributed by atoms with Gasteiger partial charge in [0.2, 0.25) is 0 Å². The first-order valence-electron chi connectivity index (χ1n) is 6.72. The third kappa shape index (κ3) is 3.32. The van der Waals surface area contributed by atoms with Gasteiger partial charge in [-0.05, 0) is 52.0 Å². The van der Waals surface area contributed by atoms with Gasteiger partial charge >= 0.3 is 5.00 Å². The topological polar surface area (TPSA) is 58.4 Å². The van der Waals surface area contributed by atoms with E-state index in [0.717, 1.165) is 18.0 Å². The Balaban J connectivity index is 2.26. The fourth-order valence-corrected chi connectivity index (χ4v) is 4.03. The van der Waals surface area contributed by atoms with Gasteiger partial charge in [-0.15, -0.1) is 0 Å². The zero-order valence-electron chi connectivity index (χ0n) is 11.5. The van der Waals surface area contributed by atoms with Crippen LogP contribution in [0.1, 0.15) is 30.2 Å². The number of hydrogen-bond donors (Lipinski definition) is 1. The molecular formula is C13H21N3O2S. The third-order valence-corrected chi connectivity index (χ3v) is 4.92. The van der Waals surface area contributed by atoms with E-state index in [9.17, 15) is 10.1 Å². The number of hydrogen-bond acceptors (Lipinski definition) is 5. The summed E-state index contributed by atoms with van der Waals surface area (Å²) in [5, 5.41) is 14.3. The Kier molecular flexibility index (Phi) is 4.90. The molecular weight excluding hydrogens is 262 g/mol. The van der Waals surface area contributed by atoms with Crippen LogP contribution in [0.4, 0.5) is 5.00 Å². The Morgan fingerprint density at radius 2 is 2.32 bits per heavy atom. The maximum atomic E-state index is 10.8. The van der Waals surface area contributed by atoms with Crippen LogP contribution in [-0.4, -0.2) is 37.0 Å². The molecule has 1 N–H and O–H groups in total. The smallest absolute Gasteiger partial charge is 0.319 e. The van der Waals surface area contributed by atoms with Gasteiger partial charge in [-0.2, -0.15) is 0 Å². The van der Waals surface area contributed by atoms with Gasteiger partial charge in [-0.25, -0.2) is 0 Å². The molecule has 1 saturated heterocycles. The Labute approximate surface area is 117 Å². The van der Waals surface area contributed by atoms with Crippen molar-refractivity contribution in [2.75, 3.05) is 27.2 Å². The van der Waals surface area contributed by atoms with Gasteiger partial charge in [0.05, 0.1) is 4.92 Å². The zero-order valence-corrected chi connectivity index (χ0v) is 12.3. The van der Waals surface area contributed by atoms with Crippen molar-refractivity contribution in [3.63, 3.8) is 0 Å². The van der Waals surface area contributed by atoms with Gasteiger partial charge < -0.3 is 5.32 Å². The minimum atomic E-state index is -0.294. The zero-order chi connectivity index (χ0) is 13.8. The molecule has 0 bridgehead atoms. The summed E-state index contributed by atoms with van der Waals surface area (Å²) in [7, 11) is 4.10. The van der Waals surface area contributed by atoms with Crippen molar-refractivity contribution >= 4 is 16.3 Å². The molecule has 19 heavy (non-hydrogen) atoms. The molecule has 1 fully saturated rings. The molecule has 1 aromatic heterocycles. The molecule has 1 aliphatic rings. The van der Waals surface area contributed by atoms with E-state index in [2.05, 4.69) is 17.3 Å². The maximum absolute atomic E-state index is 10.8. The predicted octanol–water partition coefficient (Wildman–Crippen LogP) is 2.65. The van der Waals surface area contributed by atoms with Crippen LogP contribution in [0.5, 0.6) is 0 Å². The van der Waals surface area contributed by atoms with Crippen molar-refractivity contribution in [3.05, 3.63) is 27.1 Å². The van der Waals surface area contributed by atoms with Crippen LogP contribution >= 0.6 is 11.3 Å². The summed E-state index contributed by atoms with van der Waals surface area (Å²) in [4.78, 5) is 14.0. The summed E-state index contributed by atoms with van der Waals surface area (Å²) in [5.74, 6) is 0.524. The number of nitrogens with one attached hydrogen (secondary N) is 1. The Morgan fingerprint density at radius 3 is 2.95 bits per heavy atom. The summed E-state index contributed by atoms with van der Waals surface area (Å²) < 4.78 is 0. The van der Waals surface area contributed by atoms with Crippen molar-refractivity contribution in [1.29, 1.82) is 0 Å². The fraction of sp³-hybridized carbons (Fsp3) is 0.692. The van der Waals surface area contributed by atoms with E-state index in [1.165, 1.54) is 30.6 Å². The highest BCUT2D eigenvalue weighted by Gasteiger charge is 2.30. The minimum absolute atomic E-state index is 0.246.